The number of aliphatic imine (C=N–C) groups is 2. The minimum atomic E-state index is 0.776. The van der Waals surface area contributed by atoms with Crippen molar-refractivity contribution in [2.24, 2.45) is 9.98 Å². The molecular weight excluding hydrogens is 154 g/mol. The zero-order valence-corrected chi connectivity index (χ0v) is 7.66. The maximum Gasteiger partial charge on any atom is 0.220 e. The average Bonchev–Trinajstić information content (AvgIpc) is 2.15. The summed E-state index contributed by atoms with van der Waals surface area (Å²) >= 11 is 0. The highest BCUT2D eigenvalue weighted by atomic mass is 16.5. The second-order valence-electron chi connectivity index (χ2n) is 2.51. The molecule has 0 atom stereocenters. The molecule has 68 valence electrons. The molecule has 1 saturated heterocycles. The van der Waals surface area contributed by atoms with Gasteiger partial charge in [0.1, 0.15) is 0 Å². The Bertz CT molecular complexity index is 183. The molecule has 0 aromatic rings. The van der Waals surface area contributed by atoms with E-state index in [-0.39, 0.29) is 0 Å². The molecule has 0 amide bonds. The summed E-state index contributed by atoms with van der Waals surface area (Å²) in [4.78, 5) is 10.4. The topological polar surface area (TPSA) is 37.2 Å². The molecule has 0 radical (unpaired) electrons. The molecule has 1 aliphatic heterocycles. The predicted octanol–water partition coefficient (Wildman–Crippen LogP) is 0.395. The van der Waals surface area contributed by atoms with Crippen LogP contribution >= 0.6 is 0 Å². The van der Waals surface area contributed by atoms with Gasteiger partial charge in [-0.25, -0.2) is 4.99 Å². The minimum absolute atomic E-state index is 0.776. The fourth-order valence-electron chi connectivity index (χ4n) is 1.16. The first-order chi connectivity index (χ1) is 5.88. The van der Waals surface area contributed by atoms with E-state index in [4.69, 9.17) is 4.74 Å². The lowest BCUT2D eigenvalue weighted by Gasteiger charge is -2.27. The lowest BCUT2D eigenvalue weighted by atomic mass is 10.4. The SMILES string of the molecule is CC=NC(=NC)N1CCOCC1. The Labute approximate surface area is 73.0 Å². The number of ether oxygens (including phenoxy) is 1. The van der Waals surface area contributed by atoms with E-state index in [1.54, 1.807) is 13.3 Å². The van der Waals surface area contributed by atoms with Gasteiger partial charge in [0, 0.05) is 26.4 Å². The first kappa shape index (κ1) is 9.19. The molecule has 0 N–H and O–H groups in total. The summed E-state index contributed by atoms with van der Waals surface area (Å²) in [6, 6.07) is 0. The van der Waals surface area contributed by atoms with Crippen LogP contribution in [0.4, 0.5) is 0 Å². The van der Waals surface area contributed by atoms with E-state index in [1.807, 2.05) is 6.92 Å². The van der Waals surface area contributed by atoms with Crippen molar-refractivity contribution in [1.82, 2.24) is 4.90 Å². The third kappa shape index (κ3) is 2.30. The minimum Gasteiger partial charge on any atom is -0.378 e. The van der Waals surface area contributed by atoms with E-state index in [1.165, 1.54) is 0 Å². The Morgan fingerprint density at radius 2 is 2.08 bits per heavy atom. The first-order valence-electron chi connectivity index (χ1n) is 4.16. The van der Waals surface area contributed by atoms with Gasteiger partial charge in [-0.3, -0.25) is 4.99 Å². The van der Waals surface area contributed by atoms with Crippen LogP contribution in [0.2, 0.25) is 0 Å². The van der Waals surface area contributed by atoms with Crippen LogP contribution in [0, 0.1) is 0 Å². The van der Waals surface area contributed by atoms with Crippen molar-refractivity contribution in [2.45, 2.75) is 6.92 Å². The molecule has 1 heterocycles. The van der Waals surface area contributed by atoms with Gasteiger partial charge in [0.05, 0.1) is 13.2 Å². The van der Waals surface area contributed by atoms with E-state index < -0.39 is 0 Å². The molecule has 0 unspecified atom stereocenters. The van der Waals surface area contributed by atoms with Crippen molar-refractivity contribution in [3.05, 3.63) is 0 Å². The van der Waals surface area contributed by atoms with Gasteiger partial charge in [-0.15, -0.1) is 0 Å². The van der Waals surface area contributed by atoms with Crippen LogP contribution in [0.5, 0.6) is 0 Å². The summed E-state index contributed by atoms with van der Waals surface area (Å²) in [6.07, 6.45) is 1.76. The second kappa shape index (κ2) is 4.87. The zero-order chi connectivity index (χ0) is 8.81. The third-order valence-electron chi connectivity index (χ3n) is 1.74. The van der Waals surface area contributed by atoms with Gasteiger partial charge in [0.25, 0.3) is 0 Å². The molecule has 0 saturated carbocycles. The van der Waals surface area contributed by atoms with E-state index in [0.29, 0.717) is 0 Å². The molecule has 0 bridgehead atoms. The Kier molecular flexibility index (Phi) is 3.73. The largest absolute Gasteiger partial charge is 0.378 e. The van der Waals surface area contributed by atoms with Crippen molar-refractivity contribution < 1.29 is 4.74 Å². The van der Waals surface area contributed by atoms with Crippen LogP contribution in [-0.2, 0) is 4.74 Å². The van der Waals surface area contributed by atoms with E-state index >= 15 is 0 Å². The number of rotatable bonds is 0. The standard InChI is InChI=1S/C8H15N3O/c1-3-10-8(9-2)11-4-6-12-7-5-11/h3H,4-7H2,1-2H3. The molecule has 1 rings (SSSR count). The van der Waals surface area contributed by atoms with Gasteiger partial charge in [0.15, 0.2) is 0 Å². The van der Waals surface area contributed by atoms with Gasteiger partial charge in [-0.2, -0.15) is 0 Å². The van der Waals surface area contributed by atoms with Gasteiger partial charge < -0.3 is 9.64 Å². The van der Waals surface area contributed by atoms with Gasteiger partial charge in [-0.1, -0.05) is 0 Å². The van der Waals surface area contributed by atoms with Gasteiger partial charge in [-0.05, 0) is 6.92 Å². The molecule has 0 spiro atoms. The second-order valence-corrected chi connectivity index (χ2v) is 2.51. The van der Waals surface area contributed by atoms with Crippen LogP contribution < -0.4 is 0 Å². The lowest BCUT2D eigenvalue weighted by Crippen LogP contribution is -2.40. The number of morpholine rings is 1. The number of guanidine groups is 1. The summed E-state index contributed by atoms with van der Waals surface area (Å²) in [6.45, 7) is 5.23. The van der Waals surface area contributed by atoms with E-state index in [9.17, 15) is 0 Å². The quantitative estimate of drug-likeness (QED) is 0.388. The molecule has 0 aromatic carbocycles. The molecule has 1 aliphatic rings. The molecule has 0 aliphatic carbocycles. The Morgan fingerprint density at radius 1 is 1.42 bits per heavy atom. The molecule has 0 aromatic heterocycles. The summed E-state index contributed by atoms with van der Waals surface area (Å²) in [5.74, 6) is 0.806. The molecule has 4 nitrogen and oxygen atoms in total. The summed E-state index contributed by atoms with van der Waals surface area (Å²) in [5, 5.41) is 0. The number of hydrogen-bond acceptors (Lipinski definition) is 2. The summed E-state index contributed by atoms with van der Waals surface area (Å²) in [7, 11) is 1.76. The zero-order valence-electron chi connectivity index (χ0n) is 7.66. The van der Waals surface area contributed by atoms with Crippen LogP contribution in [0.25, 0.3) is 0 Å². The van der Waals surface area contributed by atoms with Crippen LogP contribution in [0.15, 0.2) is 9.98 Å². The highest BCUT2D eigenvalue weighted by Gasteiger charge is 2.12. The van der Waals surface area contributed by atoms with Crippen LogP contribution in [0.1, 0.15) is 6.92 Å². The molecule has 4 heteroatoms. The maximum absolute atomic E-state index is 5.22. The van der Waals surface area contributed by atoms with Gasteiger partial charge in [0.2, 0.25) is 5.96 Å². The fraction of sp³-hybridized carbons (Fsp3) is 0.750. The Hall–Kier alpha value is -0.900. The van der Waals surface area contributed by atoms with Crippen molar-refractivity contribution in [1.29, 1.82) is 0 Å². The smallest absolute Gasteiger partial charge is 0.220 e. The van der Waals surface area contributed by atoms with E-state index in [2.05, 4.69) is 14.9 Å². The average molecular weight is 169 g/mol. The normalized spacial score (nSPS) is 20.5. The van der Waals surface area contributed by atoms with Crippen LogP contribution in [-0.4, -0.2) is 50.4 Å². The third-order valence-corrected chi connectivity index (χ3v) is 1.74. The van der Waals surface area contributed by atoms with Crippen LogP contribution in [0.3, 0.4) is 0 Å². The molecular formula is C8H15N3O. The monoisotopic (exact) mass is 169 g/mol. The molecule has 12 heavy (non-hydrogen) atoms. The highest BCUT2D eigenvalue weighted by Crippen LogP contribution is 1.99. The maximum atomic E-state index is 5.22. The lowest BCUT2D eigenvalue weighted by molar-refractivity contribution is 0.0675. The number of nitrogens with zero attached hydrogens (tertiary/aromatic N) is 3. The van der Waals surface area contributed by atoms with Gasteiger partial charge >= 0.3 is 0 Å². The summed E-state index contributed by atoms with van der Waals surface area (Å²) in [5.41, 5.74) is 0. The fourth-order valence-corrected chi connectivity index (χ4v) is 1.16. The summed E-state index contributed by atoms with van der Waals surface area (Å²) < 4.78 is 5.22. The molecule has 1 fully saturated rings. The first-order valence-corrected chi connectivity index (χ1v) is 4.16. The highest BCUT2D eigenvalue weighted by molar-refractivity contribution is 5.87. The van der Waals surface area contributed by atoms with E-state index in [0.717, 1.165) is 32.3 Å². The predicted molar refractivity (Wildman–Crippen MR) is 49.9 cm³/mol. The number of hydrogen-bond donors (Lipinski definition) is 0. The van der Waals surface area contributed by atoms with Crippen molar-refractivity contribution in [3.63, 3.8) is 0 Å². The Balaban J connectivity index is 2.52. The Morgan fingerprint density at radius 3 is 2.58 bits per heavy atom. The van der Waals surface area contributed by atoms with Crippen molar-refractivity contribution >= 4 is 12.2 Å². The van der Waals surface area contributed by atoms with Crippen molar-refractivity contribution in [2.75, 3.05) is 33.4 Å². The van der Waals surface area contributed by atoms with Crippen molar-refractivity contribution in [3.8, 4) is 0 Å².